The van der Waals surface area contributed by atoms with E-state index < -0.39 is 0 Å². The SMILES string of the molecule is CC(C)[C@]1(CN)CCC(N(C)C2CCOCC2)C1. The maximum Gasteiger partial charge on any atom is 0.0480 e. The van der Waals surface area contributed by atoms with Gasteiger partial charge in [-0.3, -0.25) is 0 Å². The van der Waals surface area contributed by atoms with Crippen LogP contribution in [0.4, 0.5) is 0 Å². The molecule has 1 aliphatic heterocycles. The predicted molar refractivity (Wildman–Crippen MR) is 75.6 cm³/mol. The lowest BCUT2D eigenvalue weighted by molar-refractivity contribution is 0.0264. The Bertz CT molecular complexity index is 263. The van der Waals surface area contributed by atoms with Crippen molar-refractivity contribution in [2.24, 2.45) is 17.1 Å². The zero-order valence-corrected chi connectivity index (χ0v) is 12.3. The van der Waals surface area contributed by atoms with Gasteiger partial charge in [0.05, 0.1) is 0 Å². The lowest BCUT2D eigenvalue weighted by Gasteiger charge is -2.38. The lowest BCUT2D eigenvalue weighted by atomic mass is 9.75. The number of ether oxygens (including phenoxy) is 1. The van der Waals surface area contributed by atoms with E-state index >= 15 is 0 Å². The van der Waals surface area contributed by atoms with Crippen LogP contribution in [0.1, 0.15) is 46.0 Å². The van der Waals surface area contributed by atoms with E-state index in [-0.39, 0.29) is 0 Å². The van der Waals surface area contributed by atoms with Crippen molar-refractivity contribution >= 4 is 0 Å². The third-order valence-electron chi connectivity index (χ3n) is 5.59. The third kappa shape index (κ3) is 2.73. The largest absolute Gasteiger partial charge is 0.381 e. The molecule has 1 aliphatic carbocycles. The Labute approximate surface area is 112 Å². The van der Waals surface area contributed by atoms with Crippen molar-refractivity contribution in [1.82, 2.24) is 4.90 Å². The highest BCUT2D eigenvalue weighted by Gasteiger charge is 2.42. The third-order valence-corrected chi connectivity index (χ3v) is 5.59. The predicted octanol–water partition coefficient (Wildman–Crippen LogP) is 2.25. The maximum atomic E-state index is 6.07. The smallest absolute Gasteiger partial charge is 0.0480 e. The molecule has 0 spiro atoms. The molecule has 106 valence electrons. The Balaban J connectivity index is 1.94. The summed E-state index contributed by atoms with van der Waals surface area (Å²) in [4.78, 5) is 2.63. The van der Waals surface area contributed by atoms with Gasteiger partial charge in [-0.1, -0.05) is 13.8 Å². The first-order valence-electron chi connectivity index (χ1n) is 7.59. The van der Waals surface area contributed by atoms with Crippen LogP contribution in [0.2, 0.25) is 0 Å². The van der Waals surface area contributed by atoms with E-state index in [1.165, 1.54) is 32.1 Å². The highest BCUT2D eigenvalue weighted by atomic mass is 16.5. The van der Waals surface area contributed by atoms with Gasteiger partial charge in [-0.05, 0) is 57.0 Å². The fourth-order valence-electron chi connectivity index (χ4n) is 3.81. The second-order valence-corrected chi connectivity index (χ2v) is 6.63. The first-order chi connectivity index (χ1) is 8.59. The van der Waals surface area contributed by atoms with Gasteiger partial charge in [0, 0.05) is 25.3 Å². The molecule has 3 nitrogen and oxygen atoms in total. The molecule has 0 aromatic heterocycles. The highest BCUT2D eigenvalue weighted by Crippen LogP contribution is 2.45. The zero-order valence-electron chi connectivity index (χ0n) is 12.3. The summed E-state index contributed by atoms with van der Waals surface area (Å²) < 4.78 is 5.47. The standard InChI is InChI=1S/C15H30N2O/c1-12(2)15(11-16)7-4-14(10-15)17(3)13-5-8-18-9-6-13/h12-14H,4-11,16H2,1-3H3/t14?,15-/m1/s1. The minimum Gasteiger partial charge on any atom is -0.381 e. The molecule has 1 saturated heterocycles. The van der Waals surface area contributed by atoms with E-state index in [0.717, 1.165) is 31.8 Å². The fourth-order valence-corrected chi connectivity index (χ4v) is 3.81. The molecule has 0 amide bonds. The molecule has 0 bridgehead atoms. The Kier molecular flexibility index (Phi) is 4.68. The van der Waals surface area contributed by atoms with Crippen LogP contribution in [0.15, 0.2) is 0 Å². The molecule has 1 saturated carbocycles. The fraction of sp³-hybridized carbons (Fsp3) is 1.00. The number of nitrogens with two attached hydrogens (primary N) is 1. The van der Waals surface area contributed by atoms with Gasteiger partial charge in [-0.25, -0.2) is 0 Å². The van der Waals surface area contributed by atoms with Crippen molar-refractivity contribution in [3.63, 3.8) is 0 Å². The molecule has 2 rings (SSSR count). The quantitative estimate of drug-likeness (QED) is 0.836. The molecule has 18 heavy (non-hydrogen) atoms. The van der Waals surface area contributed by atoms with Gasteiger partial charge in [-0.2, -0.15) is 0 Å². The minimum absolute atomic E-state index is 0.393. The first-order valence-corrected chi connectivity index (χ1v) is 7.59. The molecular formula is C15H30N2O. The lowest BCUT2D eigenvalue weighted by Crippen LogP contribution is -2.43. The molecule has 2 fully saturated rings. The second-order valence-electron chi connectivity index (χ2n) is 6.63. The van der Waals surface area contributed by atoms with Gasteiger partial charge in [0.2, 0.25) is 0 Å². The van der Waals surface area contributed by atoms with Crippen LogP contribution >= 0.6 is 0 Å². The summed E-state index contributed by atoms with van der Waals surface area (Å²) in [5.74, 6) is 0.704. The molecule has 2 N–H and O–H groups in total. The Morgan fingerprint density at radius 2 is 1.89 bits per heavy atom. The van der Waals surface area contributed by atoms with E-state index in [1.54, 1.807) is 0 Å². The molecule has 1 heterocycles. The van der Waals surface area contributed by atoms with Crippen molar-refractivity contribution < 1.29 is 4.74 Å². The van der Waals surface area contributed by atoms with Crippen molar-refractivity contribution in [3.8, 4) is 0 Å². The highest BCUT2D eigenvalue weighted by molar-refractivity contribution is 4.96. The Morgan fingerprint density at radius 3 is 2.39 bits per heavy atom. The summed E-state index contributed by atoms with van der Waals surface area (Å²) in [6, 6.07) is 1.46. The Hall–Kier alpha value is -0.120. The maximum absolute atomic E-state index is 6.07. The number of hydrogen-bond donors (Lipinski definition) is 1. The number of rotatable bonds is 4. The van der Waals surface area contributed by atoms with E-state index in [9.17, 15) is 0 Å². The van der Waals surface area contributed by atoms with Gasteiger partial charge in [0.15, 0.2) is 0 Å². The monoisotopic (exact) mass is 254 g/mol. The van der Waals surface area contributed by atoms with Gasteiger partial charge in [0.1, 0.15) is 0 Å². The van der Waals surface area contributed by atoms with E-state index in [4.69, 9.17) is 10.5 Å². The molecule has 0 aromatic rings. The topological polar surface area (TPSA) is 38.5 Å². The molecule has 0 aromatic carbocycles. The van der Waals surface area contributed by atoms with Crippen molar-refractivity contribution in [2.45, 2.75) is 58.0 Å². The average molecular weight is 254 g/mol. The molecule has 2 aliphatic rings. The van der Waals surface area contributed by atoms with Gasteiger partial charge in [0.25, 0.3) is 0 Å². The molecule has 0 radical (unpaired) electrons. The number of hydrogen-bond acceptors (Lipinski definition) is 3. The van der Waals surface area contributed by atoms with Crippen LogP contribution in [-0.4, -0.2) is 43.8 Å². The van der Waals surface area contributed by atoms with Crippen LogP contribution in [0.5, 0.6) is 0 Å². The molecule has 2 atom stereocenters. The second kappa shape index (κ2) is 5.89. The van der Waals surface area contributed by atoms with Gasteiger partial charge in [-0.15, -0.1) is 0 Å². The summed E-state index contributed by atoms with van der Waals surface area (Å²) in [6.07, 6.45) is 6.31. The van der Waals surface area contributed by atoms with Crippen molar-refractivity contribution in [1.29, 1.82) is 0 Å². The van der Waals surface area contributed by atoms with Crippen LogP contribution in [0.3, 0.4) is 0 Å². The summed E-state index contributed by atoms with van der Waals surface area (Å²) in [6.45, 7) is 7.40. The van der Waals surface area contributed by atoms with Gasteiger partial charge >= 0.3 is 0 Å². The summed E-state index contributed by atoms with van der Waals surface area (Å²) in [5.41, 5.74) is 6.46. The molecular weight excluding hydrogens is 224 g/mol. The van der Waals surface area contributed by atoms with Crippen LogP contribution in [-0.2, 0) is 4.74 Å². The normalized spacial score (nSPS) is 34.7. The van der Waals surface area contributed by atoms with Crippen molar-refractivity contribution in [3.05, 3.63) is 0 Å². The van der Waals surface area contributed by atoms with Crippen LogP contribution in [0, 0.1) is 11.3 Å². The van der Waals surface area contributed by atoms with Gasteiger partial charge < -0.3 is 15.4 Å². The Morgan fingerprint density at radius 1 is 1.22 bits per heavy atom. The summed E-state index contributed by atoms with van der Waals surface area (Å²) in [5, 5.41) is 0. The average Bonchev–Trinajstić information content (AvgIpc) is 2.84. The van der Waals surface area contributed by atoms with E-state index in [1.807, 2.05) is 0 Å². The van der Waals surface area contributed by atoms with Crippen LogP contribution < -0.4 is 5.73 Å². The van der Waals surface area contributed by atoms with Crippen LogP contribution in [0.25, 0.3) is 0 Å². The van der Waals surface area contributed by atoms with E-state index in [0.29, 0.717) is 11.3 Å². The summed E-state index contributed by atoms with van der Waals surface area (Å²) in [7, 11) is 2.31. The number of nitrogens with zero attached hydrogens (tertiary/aromatic N) is 1. The summed E-state index contributed by atoms with van der Waals surface area (Å²) >= 11 is 0. The van der Waals surface area contributed by atoms with E-state index in [2.05, 4.69) is 25.8 Å². The zero-order chi connectivity index (χ0) is 13.2. The molecule has 1 unspecified atom stereocenters. The first kappa shape index (κ1) is 14.3. The molecule has 3 heteroatoms. The minimum atomic E-state index is 0.393. The van der Waals surface area contributed by atoms with Crippen molar-refractivity contribution in [2.75, 3.05) is 26.8 Å².